The third kappa shape index (κ3) is 4.17. The molecule has 1 aromatic heterocycles. The van der Waals surface area contributed by atoms with Crippen molar-refractivity contribution < 1.29 is 18.0 Å². The lowest BCUT2D eigenvalue weighted by Gasteiger charge is -2.22. The first-order chi connectivity index (χ1) is 9.39. The van der Waals surface area contributed by atoms with Crippen molar-refractivity contribution in [1.29, 1.82) is 0 Å². The first kappa shape index (κ1) is 14.7. The van der Waals surface area contributed by atoms with Gasteiger partial charge in [0, 0.05) is 12.6 Å². The van der Waals surface area contributed by atoms with Gasteiger partial charge in [-0.3, -0.25) is 19.8 Å². The monoisotopic (exact) mass is 292 g/mol. The van der Waals surface area contributed by atoms with Crippen molar-refractivity contribution in [2.75, 3.05) is 13.1 Å². The van der Waals surface area contributed by atoms with E-state index >= 15 is 0 Å². The predicted octanol–water partition coefficient (Wildman–Crippen LogP) is -0.0917. The average Bonchev–Trinajstić information content (AvgIpc) is 3.11. The van der Waals surface area contributed by atoms with Gasteiger partial charge in [-0.1, -0.05) is 5.21 Å². The Morgan fingerprint density at radius 1 is 1.55 bits per heavy atom. The number of nitrogens with two attached hydrogens (primary N) is 1. The third-order valence-corrected chi connectivity index (χ3v) is 2.96. The molecule has 20 heavy (non-hydrogen) atoms. The van der Waals surface area contributed by atoms with Gasteiger partial charge in [0.05, 0.1) is 19.3 Å². The Morgan fingerprint density at radius 2 is 2.25 bits per heavy atom. The second-order valence-corrected chi connectivity index (χ2v) is 4.66. The van der Waals surface area contributed by atoms with Crippen LogP contribution in [0.5, 0.6) is 0 Å². The maximum Gasteiger partial charge on any atom is 0.401 e. The van der Waals surface area contributed by atoms with E-state index in [0.717, 1.165) is 12.8 Å². The number of nitrogens with zero attached hydrogens (tertiary/aromatic N) is 4. The fourth-order valence-corrected chi connectivity index (χ4v) is 1.88. The lowest BCUT2D eigenvalue weighted by molar-refractivity contribution is -0.147. The maximum absolute atomic E-state index is 12.4. The van der Waals surface area contributed by atoms with Crippen LogP contribution in [0.2, 0.25) is 0 Å². The Balaban J connectivity index is 1.89. The lowest BCUT2D eigenvalue weighted by atomic mass is 10.4. The first-order valence-electron chi connectivity index (χ1n) is 6.11. The Morgan fingerprint density at radius 3 is 2.80 bits per heavy atom. The number of hydrogen-bond acceptors (Lipinski definition) is 5. The Bertz CT molecular complexity index is 470. The molecule has 0 saturated heterocycles. The van der Waals surface area contributed by atoms with Crippen LogP contribution in [0.1, 0.15) is 23.3 Å². The van der Waals surface area contributed by atoms with E-state index in [1.165, 1.54) is 15.8 Å². The van der Waals surface area contributed by atoms with Crippen molar-refractivity contribution in [3.63, 3.8) is 0 Å². The Labute approximate surface area is 112 Å². The molecule has 1 aromatic rings. The van der Waals surface area contributed by atoms with Gasteiger partial charge < -0.3 is 0 Å². The number of carbonyl (C=O) groups excluding carboxylic acids is 1. The summed E-state index contributed by atoms with van der Waals surface area (Å²) < 4.78 is 38.6. The van der Waals surface area contributed by atoms with Crippen molar-refractivity contribution in [1.82, 2.24) is 25.3 Å². The minimum atomic E-state index is -4.21. The molecule has 0 unspecified atom stereocenters. The summed E-state index contributed by atoms with van der Waals surface area (Å²) in [5.41, 5.74) is 1.93. The molecule has 1 amide bonds. The highest BCUT2D eigenvalue weighted by Crippen LogP contribution is 2.29. The first-order valence-corrected chi connectivity index (χ1v) is 6.11. The second kappa shape index (κ2) is 5.75. The summed E-state index contributed by atoms with van der Waals surface area (Å²) in [6, 6.07) is -0.00745. The van der Waals surface area contributed by atoms with Crippen LogP contribution in [0, 0.1) is 0 Å². The van der Waals surface area contributed by atoms with E-state index in [1.807, 2.05) is 5.43 Å². The standard InChI is InChI=1S/C10H15F3N6O/c11-10(12,13)6-18(7-1-2-7)3-4-19-5-8(16-17-19)9(20)15-14/h5,7H,1-4,6,14H2,(H,15,20). The average molecular weight is 292 g/mol. The molecular formula is C10H15F3N6O. The van der Waals surface area contributed by atoms with Crippen LogP contribution in [-0.2, 0) is 6.54 Å². The highest BCUT2D eigenvalue weighted by Gasteiger charge is 2.37. The van der Waals surface area contributed by atoms with Gasteiger partial charge in [-0.15, -0.1) is 5.10 Å². The molecule has 10 heteroatoms. The van der Waals surface area contributed by atoms with Crippen molar-refractivity contribution in [3.05, 3.63) is 11.9 Å². The van der Waals surface area contributed by atoms with Gasteiger partial charge in [-0.2, -0.15) is 13.2 Å². The number of hydrogen-bond donors (Lipinski definition) is 2. The summed E-state index contributed by atoms with van der Waals surface area (Å²) >= 11 is 0. The molecular weight excluding hydrogens is 277 g/mol. The number of aromatic nitrogens is 3. The van der Waals surface area contributed by atoms with E-state index < -0.39 is 18.6 Å². The quantitative estimate of drug-likeness (QED) is 0.434. The zero-order valence-electron chi connectivity index (χ0n) is 10.6. The molecule has 1 heterocycles. The molecule has 2 rings (SSSR count). The molecule has 7 nitrogen and oxygen atoms in total. The van der Waals surface area contributed by atoms with Crippen LogP contribution in [0.25, 0.3) is 0 Å². The number of alkyl halides is 3. The number of halogens is 3. The molecule has 1 aliphatic carbocycles. The zero-order valence-corrected chi connectivity index (χ0v) is 10.6. The topological polar surface area (TPSA) is 89.1 Å². The van der Waals surface area contributed by atoms with E-state index in [4.69, 9.17) is 5.84 Å². The molecule has 0 spiro atoms. The number of hydrazine groups is 1. The molecule has 0 bridgehead atoms. The summed E-state index contributed by atoms with van der Waals surface area (Å²) in [6.45, 7) is -0.489. The van der Waals surface area contributed by atoms with Gasteiger partial charge in [0.2, 0.25) is 0 Å². The summed E-state index contributed by atoms with van der Waals surface area (Å²) in [5, 5.41) is 7.26. The summed E-state index contributed by atoms with van der Waals surface area (Å²) in [6.07, 6.45) is -1.29. The van der Waals surface area contributed by atoms with Crippen LogP contribution in [0.15, 0.2) is 6.20 Å². The smallest absolute Gasteiger partial charge is 0.290 e. The fraction of sp³-hybridized carbons (Fsp3) is 0.700. The summed E-state index contributed by atoms with van der Waals surface area (Å²) in [5.74, 6) is 4.35. The van der Waals surface area contributed by atoms with Crippen LogP contribution in [0.4, 0.5) is 13.2 Å². The van der Waals surface area contributed by atoms with Crippen molar-refractivity contribution in [3.8, 4) is 0 Å². The van der Waals surface area contributed by atoms with Crippen LogP contribution < -0.4 is 11.3 Å². The zero-order chi connectivity index (χ0) is 14.8. The van der Waals surface area contributed by atoms with Gasteiger partial charge in [-0.05, 0) is 12.8 Å². The number of nitrogens with one attached hydrogen (secondary N) is 1. The minimum Gasteiger partial charge on any atom is -0.290 e. The number of rotatable bonds is 6. The van der Waals surface area contributed by atoms with Gasteiger partial charge in [0.15, 0.2) is 5.69 Å². The van der Waals surface area contributed by atoms with Crippen LogP contribution in [0.3, 0.4) is 0 Å². The molecule has 0 aromatic carbocycles. The lowest BCUT2D eigenvalue weighted by Crippen LogP contribution is -2.38. The van der Waals surface area contributed by atoms with E-state index in [-0.39, 0.29) is 24.8 Å². The van der Waals surface area contributed by atoms with Gasteiger partial charge in [0.1, 0.15) is 0 Å². The molecule has 112 valence electrons. The Hall–Kier alpha value is -1.68. The fourth-order valence-electron chi connectivity index (χ4n) is 1.88. The highest BCUT2D eigenvalue weighted by atomic mass is 19.4. The van der Waals surface area contributed by atoms with E-state index in [0.29, 0.717) is 0 Å². The number of amides is 1. The van der Waals surface area contributed by atoms with Crippen molar-refractivity contribution in [2.45, 2.75) is 31.6 Å². The minimum absolute atomic E-state index is 0.00745. The molecule has 1 saturated carbocycles. The van der Waals surface area contributed by atoms with Gasteiger partial charge in [0.25, 0.3) is 5.91 Å². The largest absolute Gasteiger partial charge is 0.401 e. The van der Waals surface area contributed by atoms with E-state index in [1.54, 1.807) is 0 Å². The summed E-state index contributed by atoms with van der Waals surface area (Å²) in [7, 11) is 0. The predicted molar refractivity (Wildman–Crippen MR) is 62.3 cm³/mol. The van der Waals surface area contributed by atoms with Crippen molar-refractivity contribution >= 4 is 5.91 Å². The third-order valence-electron chi connectivity index (χ3n) is 2.96. The normalized spacial score (nSPS) is 15.7. The Kier molecular flexibility index (Phi) is 4.23. The molecule has 1 fully saturated rings. The van der Waals surface area contributed by atoms with Crippen LogP contribution >= 0.6 is 0 Å². The van der Waals surface area contributed by atoms with E-state index in [2.05, 4.69) is 10.3 Å². The number of nitrogen functional groups attached to an aromatic ring is 1. The molecule has 0 atom stereocenters. The highest BCUT2D eigenvalue weighted by molar-refractivity contribution is 5.91. The SMILES string of the molecule is NNC(=O)c1cn(CCN(CC(F)(F)F)C2CC2)nn1. The molecule has 3 N–H and O–H groups in total. The van der Waals surface area contributed by atoms with Crippen LogP contribution in [-0.4, -0.2) is 51.1 Å². The summed E-state index contributed by atoms with van der Waals surface area (Å²) in [4.78, 5) is 12.5. The number of carbonyl (C=O) groups is 1. The van der Waals surface area contributed by atoms with Gasteiger partial charge >= 0.3 is 6.18 Å². The molecule has 0 radical (unpaired) electrons. The van der Waals surface area contributed by atoms with Crippen molar-refractivity contribution in [2.24, 2.45) is 5.84 Å². The van der Waals surface area contributed by atoms with E-state index in [9.17, 15) is 18.0 Å². The molecule has 1 aliphatic rings. The molecule has 0 aliphatic heterocycles. The second-order valence-electron chi connectivity index (χ2n) is 4.66. The van der Waals surface area contributed by atoms with Gasteiger partial charge in [-0.25, -0.2) is 5.84 Å². The maximum atomic E-state index is 12.4.